The molecule has 0 N–H and O–H groups in total. The smallest absolute Gasteiger partial charge is 0.157 e. The summed E-state index contributed by atoms with van der Waals surface area (Å²) in [5.74, 6) is 1.25. The van der Waals surface area contributed by atoms with Crippen molar-refractivity contribution in [2.75, 3.05) is 37.6 Å². The zero-order valence-corrected chi connectivity index (χ0v) is 20.3. The van der Waals surface area contributed by atoms with Crippen molar-refractivity contribution >= 4 is 22.5 Å². The van der Waals surface area contributed by atoms with Gasteiger partial charge in [0.1, 0.15) is 11.9 Å². The molecule has 0 bridgehead atoms. The average Bonchev–Trinajstić information content (AvgIpc) is 3.26. The van der Waals surface area contributed by atoms with Crippen LogP contribution in [0, 0.1) is 18.3 Å². The highest BCUT2D eigenvalue weighted by Gasteiger charge is 2.26. The predicted molar refractivity (Wildman–Crippen MR) is 140 cm³/mol. The van der Waals surface area contributed by atoms with Crippen LogP contribution in [0.2, 0.25) is 0 Å². The first-order valence-corrected chi connectivity index (χ1v) is 12.5. The van der Waals surface area contributed by atoms with Gasteiger partial charge < -0.3 is 4.90 Å². The van der Waals surface area contributed by atoms with Crippen molar-refractivity contribution in [1.29, 1.82) is 5.26 Å². The van der Waals surface area contributed by atoms with Gasteiger partial charge in [-0.25, -0.2) is 4.98 Å². The number of unbranched alkanes of at least 4 members (excludes halogenated alkanes) is 1. The second-order valence-electron chi connectivity index (χ2n) is 9.34. The second kappa shape index (κ2) is 9.87. The van der Waals surface area contributed by atoms with Crippen molar-refractivity contribution in [2.24, 2.45) is 0 Å². The molecule has 0 saturated carbocycles. The molecule has 0 amide bonds. The third-order valence-corrected chi connectivity index (χ3v) is 7.22. The lowest BCUT2D eigenvalue weighted by Crippen LogP contribution is -2.48. The predicted octanol–water partition coefficient (Wildman–Crippen LogP) is 5.37. The van der Waals surface area contributed by atoms with Crippen LogP contribution in [0.1, 0.15) is 42.0 Å². The van der Waals surface area contributed by atoms with Gasteiger partial charge in [-0.3, -0.25) is 9.30 Å². The maximum absolute atomic E-state index is 10.1. The first-order valence-electron chi connectivity index (χ1n) is 12.5. The maximum Gasteiger partial charge on any atom is 0.157 e. The Labute approximate surface area is 202 Å². The molecule has 1 aliphatic rings. The van der Waals surface area contributed by atoms with Crippen LogP contribution in [-0.2, 0) is 12.8 Å². The summed E-state index contributed by atoms with van der Waals surface area (Å²) in [6, 6.07) is 21.5. The Balaban J connectivity index is 1.50. The summed E-state index contributed by atoms with van der Waals surface area (Å²) < 4.78 is 2.27. The number of hydrogen-bond donors (Lipinski definition) is 0. The van der Waals surface area contributed by atoms with Crippen LogP contribution in [0.25, 0.3) is 16.7 Å². The van der Waals surface area contributed by atoms with E-state index in [1.807, 2.05) is 6.07 Å². The first-order chi connectivity index (χ1) is 16.7. The highest BCUT2D eigenvalue weighted by Crippen LogP contribution is 2.34. The van der Waals surface area contributed by atoms with E-state index in [1.54, 1.807) is 0 Å². The molecule has 2 aromatic heterocycles. The van der Waals surface area contributed by atoms with Crippen LogP contribution in [0.4, 0.5) is 5.82 Å². The lowest BCUT2D eigenvalue weighted by Gasteiger charge is -2.38. The first kappa shape index (κ1) is 22.4. The monoisotopic (exact) mass is 451 g/mol. The number of nitrogens with zero attached hydrogens (tertiary/aromatic N) is 5. The molecule has 3 heterocycles. The van der Waals surface area contributed by atoms with Gasteiger partial charge in [0.15, 0.2) is 5.65 Å². The Bertz CT molecular complexity index is 1320. The minimum Gasteiger partial charge on any atom is -0.355 e. The number of imidazole rings is 1. The van der Waals surface area contributed by atoms with Crippen LogP contribution >= 0.6 is 0 Å². The Morgan fingerprint density at radius 1 is 0.941 bits per heavy atom. The Morgan fingerprint density at radius 2 is 1.68 bits per heavy atom. The number of para-hydroxylation sites is 2. The van der Waals surface area contributed by atoms with E-state index in [0.29, 0.717) is 5.56 Å². The van der Waals surface area contributed by atoms with Crippen molar-refractivity contribution in [3.8, 4) is 6.07 Å². The highest BCUT2D eigenvalue weighted by atomic mass is 15.3. The topological polar surface area (TPSA) is 47.6 Å². The standard InChI is InChI=1S/C29H33N5/c1-3-4-12-24-22(2)25(21-30)28-31-26-13-8-9-14-27(26)34(28)29(24)33-19-17-32(18-20-33)16-15-23-10-6-5-7-11-23/h5-11,13-14H,3-4,12,15-20H2,1-2H3. The van der Waals surface area contributed by atoms with Gasteiger partial charge in [-0.2, -0.15) is 5.26 Å². The number of benzene rings is 2. The van der Waals surface area contributed by atoms with Crippen LogP contribution in [0.5, 0.6) is 0 Å². The summed E-state index contributed by atoms with van der Waals surface area (Å²) in [5.41, 5.74) is 7.37. The van der Waals surface area contributed by atoms with E-state index in [2.05, 4.69) is 82.6 Å². The van der Waals surface area contributed by atoms with E-state index in [0.717, 1.165) is 80.7 Å². The highest BCUT2D eigenvalue weighted by molar-refractivity contribution is 5.86. The number of anilines is 1. The third kappa shape index (κ3) is 4.15. The molecule has 2 aromatic carbocycles. The summed E-state index contributed by atoms with van der Waals surface area (Å²) in [6.07, 6.45) is 4.34. The van der Waals surface area contributed by atoms with Gasteiger partial charge in [0, 0.05) is 32.7 Å². The van der Waals surface area contributed by atoms with E-state index in [-0.39, 0.29) is 0 Å². The number of fused-ring (bicyclic) bond motifs is 3. The summed E-state index contributed by atoms with van der Waals surface area (Å²) in [4.78, 5) is 10.0. The molecular formula is C29H33N5. The third-order valence-electron chi connectivity index (χ3n) is 7.22. The number of rotatable bonds is 7. The fourth-order valence-electron chi connectivity index (χ4n) is 5.26. The van der Waals surface area contributed by atoms with Gasteiger partial charge in [0.2, 0.25) is 0 Å². The zero-order valence-electron chi connectivity index (χ0n) is 20.3. The van der Waals surface area contributed by atoms with Crippen LogP contribution in [0.15, 0.2) is 54.6 Å². The molecule has 5 rings (SSSR count). The summed E-state index contributed by atoms with van der Waals surface area (Å²) >= 11 is 0. The van der Waals surface area contributed by atoms with Gasteiger partial charge in [-0.15, -0.1) is 0 Å². The van der Waals surface area contributed by atoms with Crippen LogP contribution < -0.4 is 4.90 Å². The van der Waals surface area contributed by atoms with E-state index in [9.17, 15) is 5.26 Å². The molecule has 5 nitrogen and oxygen atoms in total. The van der Waals surface area contributed by atoms with Crippen LogP contribution in [-0.4, -0.2) is 47.0 Å². The van der Waals surface area contributed by atoms with E-state index in [1.165, 1.54) is 16.9 Å². The van der Waals surface area contributed by atoms with Gasteiger partial charge in [0.05, 0.1) is 16.6 Å². The minimum atomic E-state index is 0.715. The summed E-state index contributed by atoms with van der Waals surface area (Å²) in [6.45, 7) is 9.51. The molecule has 0 aliphatic carbocycles. The van der Waals surface area contributed by atoms with E-state index in [4.69, 9.17) is 4.98 Å². The Morgan fingerprint density at radius 3 is 2.41 bits per heavy atom. The van der Waals surface area contributed by atoms with Crippen molar-refractivity contribution < 1.29 is 0 Å². The van der Waals surface area contributed by atoms with Crippen molar-refractivity contribution in [2.45, 2.75) is 39.5 Å². The molecule has 5 heteroatoms. The number of hydrogen-bond acceptors (Lipinski definition) is 4. The molecule has 0 unspecified atom stereocenters. The molecule has 0 radical (unpaired) electrons. The molecule has 0 spiro atoms. The van der Waals surface area contributed by atoms with Crippen molar-refractivity contribution in [3.05, 3.63) is 76.9 Å². The second-order valence-corrected chi connectivity index (χ2v) is 9.34. The van der Waals surface area contributed by atoms with Gasteiger partial charge in [-0.1, -0.05) is 55.8 Å². The number of piperazine rings is 1. The van der Waals surface area contributed by atoms with E-state index < -0.39 is 0 Å². The van der Waals surface area contributed by atoms with Gasteiger partial charge in [0.25, 0.3) is 0 Å². The molecule has 1 aliphatic heterocycles. The average molecular weight is 452 g/mol. The normalized spacial score (nSPS) is 14.7. The molecule has 1 saturated heterocycles. The Kier molecular flexibility index (Phi) is 6.51. The molecule has 34 heavy (non-hydrogen) atoms. The molecule has 0 atom stereocenters. The number of pyridine rings is 1. The fourth-order valence-corrected chi connectivity index (χ4v) is 5.26. The quantitative estimate of drug-likeness (QED) is 0.379. The molecular weight excluding hydrogens is 418 g/mol. The van der Waals surface area contributed by atoms with E-state index >= 15 is 0 Å². The number of aromatic nitrogens is 2. The summed E-state index contributed by atoms with van der Waals surface area (Å²) in [7, 11) is 0. The largest absolute Gasteiger partial charge is 0.355 e. The zero-order chi connectivity index (χ0) is 23.5. The minimum absolute atomic E-state index is 0.715. The number of nitriles is 1. The Hall–Kier alpha value is -3.36. The van der Waals surface area contributed by atoms with Crippen molar-refractivity contribution in [3.63, 3.8) is 0 Å². The maximum atomic E-state index is 10.1. The van der Waals surface area contributed by atoms with Gasteiger partial charge >= 0.3 is 0 Å². The summed E-state index contributed by atoms with van der Waals surface area (Å²) in [5, 5.41) is 10.1. The van der Waals surface area contributed by atoms with Gasteiger partial charge in [-0.05, 0) is 55.0 Å². The molecule has 1 fully saturated rings. The fraction of sp³-hybridized carbons (Fsp3) is 0.379. The van der Waals surface area contributed by atoms with Crippen LogP contribution in [0.3, 0.4) is 0 Å². The molecule has 174 valence electrons. The van der Waals surface area contributed by atoms with Crippen molar-refractivity contribution in [1.82, 2.24) is 14.3 Å². The SMILES string of the molecule is CCCCc1c(C)c(C#N)c2nc3ccccc3n2c1N1CCN(CCc2ccccc2)CC1. The molecule has 4 aromatic rings. The lowest BCUT2D eigenvalue weighted by atomic mass is 9.99. The lowest BCUT2D eigenvalue weighted by molar-refractivity contribution is 0.260.